The van der Waals surface area contributed by atoms with Gasteiger partial charge in [-0.05, 0) is 0 Å². The molecular weight excluding hydrogens is 94.1 g/mol. The molecule has 0 aliphatic heterocycles. The normalized spacial score (nSPS) is 11.6. The Labute approximate surface area is 41.1 Å². The molecule has 0 unspecified atom stereocenters. The standard InChI is InChI=1S/C2H7N5/c3-1-6-7-2-5-4/h2H,1,3-4H2. The van der Waals surface area contributed by atoms with E-state index in [0.29, 0.717) is 0 Å². The quantitative estimate of drug-likeness (QED) is 0.158. The molecule has 5 nitrogen and oxygen atoms in total. The van der Waals surface area contributed by atoms with E-state index in [1.165, 1.54) is 0 Å². The molecule has 0 atom stereocenters. The molecule has 5 heteroatoms. The van der Waals surface area contributed by atoms with E-state index in [0.717, 1.165) is 6.34 Å². The molecule has 0 heterocycles. The molecule has 0 saturated heterocycles. The summed E-state index contributed by atoms with van der Waals surface area (Å²) < 4.78 is 0. The van der Waals surface area contributed by atoms with Gasteiger partial charge in [-0.2, -0.15) is 10.2 Å². The Morgan fingerprint density at radius 1 is 1.57 bits per heavy atom. The van der Waals surface area contributed by atoms with E-state index >= 15 is 0 Å². The Morgan fingerprint density at radius 3 is 2.71 bits per heavy atom. The maximum absolute atomic E-state index is 4.91. The molecule has 7 heavy (non-hydrogen) atoms. The molecule has 0 aromatic rings. The molecule has 0 saturated carbocycles. The van der Waals surface area contributed by atoms with Crippen molar-refractivity contribution in [2.75, 3.05) is 6.67 Å². The van der Waals surface area contributed by atoms with Crippen LogP contribution in [0.3, 0.4) is 0 Å². The summed E-state index contributed by atoms with van der Waals surface area (Å²) in [6.45, 7) is 0.173. The highest BCUT2D eigenvalue weighted by Gasteiger charge is 1.58. The van der Waals surface area contributed by atoms with Gasteiger partial charge in [0, 0.05) is 0 Å². The number of nitrogens with zero attached hydrogens (tertiary/aromatic N) is 3. The van der Waals surface area contributed by atoms with Crippen molar-refractivity contribution >= 4 is 6.34 Å². The van der Waals surface area contributed by atoms with Crippen molar-refractivity contribution in [3.63, 3.8) is 0 Å². The van der Waals surface area contributed by atoms with Crippen molar-refractivity contribution in [3.05, 3.63) is 0 Å². The Hall–Kier alpha value is -0.970. The fourth-order valence-electron chi connectivity index (χ4n) is 0.113. The van der Waals surface area contributed by atoms with Crippen LogP contribution in [0.15, 0.2) is 15.3 Å². The van der Waals surface area contributed by atoms with Crippen molar-refractivity contribution in [1.29, 1.82) is 0 Å². The SMILES string of the molecule is NCN=NC=NN. The molecule has 0 aliphatic rings. The maximum Gasteiger partial charge on any atom is 0.157 e. The predicted molar refractivity (Wildman–Crippen MR) is 26.6 cm³/mol. The van der Waals surface area contributed by atoms with E-state index in [4.69, 9.17) is 5.73 Å². The Balaban J connectivity index is 3.09. The number of azo groups is 1. The highest BCUT2D eigenvalue weighted by atomic mass is 15.2. The van der Waals surface area contributed by atoms with Crippen LogP contribution in [0.25, 0.3) is 0 Å². The number of hydrazone groups is 1. The third-order valence-corrected chi connectivity index (χ3v) is 0.282. The third kappa shape index (κ3) is 5.03. The van der Waals surface area contributed by atoms with Crippen LogP contribution in [-0.4, -0.2) is 13.0 Å². The fraction of sp³-hybridized carbons (Fsp3) is 0.500. The van der Waals surface area contributed by atoms with Crippen LogP contribution >= 0.6 is 0 Å². The smallest absolute Gasteiger partial charge is 0.157 e. The van der Waals surface area contributed by atoms with Crippen LogP contribution in [0, 0.1) is 0 Å². The predicted octanol–water partition coefficient (Wildman–Crippen LogP) is -0.743. The molecule has 4 N–H and O–H groups in total. The van der Waals surface area contributed by atoms with E-state index in [1.54, 1.807) is 0 Å². The zero-order valence-corrected chi connectivity index (χ0v) is 3.78. The summed E-state index contributed by atoms with van der Waals surface area (Å²) in [5, 5.41) is 9.66. The minimum Gasteiger partial charge on any atom is -0.322 e. The second-order valence-corrected chi connectivity index (χ2v) is 0.704. The number of rotatable bonds is 2. The van der Waals surface area contributed by atoms with Crippen LogP contribution in [-0.2, 0) is 0 Å². The second kappa shape index (κ2) is 5.03. The molecule has 40 valence electrons. The summed E-state index contributed by atoms with van der Waals surface area (Å²) in [6, 6.07) is 0. The lowest BCUT2D eigenvalue weighted by atomic mass is 11.2. The average Bonchev–Trinajstić information content (AvgIpc) is 1.69. The van der Waals surface area contributed by atoms with Gasteiger partial charge in [0.1, 0.15) is 6.67 Å². The molecule has 0 fully saturated rings. The summed E-state index contributed by atoms with van der Waals surface area (Å²) in [4.78, 5) is 0. The van der Waals surface area contributed by atoms with Gasteiger partial charge in [-0.25, -0.2) is 0 Å². The van der Waals surface area contributed by atoms with Crippen LogP contribution in [0.2, 0.25) is 0 Å². The first-order chi connectivity index (χ1) is 3.41. The van der Waals surface area contributed by atoms with Crippen LogP contribution in [0.5, 0.6) is 0 Å². The zero-order chi connectivity index (χ0) is 5.54. The van der Waals surface area contributed by atoms with Gasteiger partial charge < -0.3 is 11.6 Å². The van der Waals surface area contributed by atoms with Gasteiger partial charge in [-0.15, -0.1) is 5.11 Å². The lowest BCUT2D eigenvalue weighted by Gasteiger charge is -1.71. The minimum absolute atomic E-state index is 0.173. The zero-order valence-electron chi connectivity index (χ0n) is 3.78. The van der Waals surface area contributed by atoms with Gasteiger partial charge in [0.25, 0.3) is 0 Å². The highest BCUT2D eigenvalue weighted by molar-refractivity contribution is 5.53. The lowest BCUT2D eigenvalue weighted by molar-refractivity contribution is 0.982. The lowest BCUT2D eigenvalue weighted by Crippen LogP contribution is -1.91. The van der Waals surface area contributed by atoms with Crippen molar-refractivity contribution in [1.82, 2.24) is 0 Å². The molecule has 0 aliphatic carbocycles. The Morgan fingerprint density at radius 2 is 2.29 bits per heavy atom. The maximum atomic E-state index is 4.91. The van der Waals surface area contributed by atoms with Crippen molar-refractivity contribution in [3.8, 4) is 0 Å². The molecule has 0 spiro atoms. The van der Waals surface area contributed by atoms with Gasteiger partial charge in [-0.1, -0.05) is 0 Å². The number of hydrogen-bond acceptors (Lipinski definition) is 4. The van der Waals surface area contributed by atoms with E-state index in [2.05, 4.69) is 21.2 Å². The first-order valence-corrected chi connectivity index (χ1v) is 1.70. The topological polar surface area (TPSA) is 89.1 Å². The van der Waals surface area contributed by atoms with Crippen molar-refractivity contribution < 1.29 is 0 Å². The van der Waals surface area contributed by atoms with Crippen molar-refractivity contribution in [2.45, 2.75) is 0 Å². The number of hydrogen-bond donors (Lipinski definition) is 2. The van der Waals surface area contributed by atoms with E-state index < -0.39 is 0 Å². The van der Waals surface area contributed by atoms with Gasteiger partial charge in [0.2, 0.25) is 0 Å². The summed E-state index contributed by atoms with van der Waals surface area (Å²) in [5.74, 6) is 4.64. The summed E-state index contributed by atoms with van der Waals surface area (Å²) in [6.07, 6.45) is 1.12. The van der Waals surface area contributed by atoms with Gasteiger partial charge in [0.15, 0.2) is 6.34 Å². The third-order valence-electron chi connectivity index (χ3n) is 0.282. The van der Waals surface area contributed by atoms with Gasteiger partial charge >= 0.3 is 0 Å². The first-order valence-electron chi connectivity index (χ1n) is 1.70. The van der Waals surface area contributed by atoms with E-state index in [1.807, 2.05) is 0 Å². The minimum atomic E-state index is 0.173. The molecule has 0 amide bonds. The monoisotopic (exact) mass is 101 g/mol. The van der Waals surface area contributed by atoms with Crippen LogP contribution < -0.4 is 11.6 Å². The molecule has 0 aromatic heterocycles. The molecule has 0 aromatic carbocycles. The fourth-order valence-corrected chi connectivity index (χ4v) is 0.113. The second-order valence-electron chi connectivity index (χ2n) is 0.704. The molecule has 0 bridgehead atoms. The Kier molecular flexibility index (Phi) is 4.33. The molecular formula is C2H7N5. The average molecular weight is 101 g/mol. The van der Waals surface area contributed by atoms with Crippen molar-refractivity contribution in [2.24, 2.45) is 26.9 Å². The van der Waals surface area contributed by atoms with Crippen LogP contribution in [0.4, 0.5) is 0 Å². The van der Waals surface area contributed by atoms with E-state index in [9.17, 15) is 0 Å². The summed E-state index contributed by atoms with van der Waals surface area (Å²) in [7, 11) is 0. The first kappa shape index (κ1) is 6.03. The summed E-state index contributed by atoms with van der Waals surface area (Å²) in [5.41, 5.74) is 4.91. The molecule has 0 rings (SSSR count). The Bertz CT molecular complexity index is 74.1. The molecule has 0 radical (unpaired) electrons. The van der Waals surface area contributed by atoms with Crippen LogP contribution in [0.1, 0.15) is 0 Å². The summed E-state index contributed by atoms with van der Waals surface area (Å²) >= 11 is 0. The number of nitrogens with two attached hydrogens (primary N) is 2. The van der Waals surface area contributed by atoms with E-state index in [-0.39, 0.29) is 6.67 Å². The highest BCUT2D eigenvalue weighted by Crippen LogP contribution is 1.60. The largest absolute Gasteiger partial charge is 0.322 e. The van der Waals surface area contributed by atoms with Gasteiger partial charge in [0.05, 0.1) is 0 Å². The van der Waals surface area contributed by atoms with Gasteiger partial charge in [-0.3, -0.25) is 0 Å².